The molecule has 4 rings (SSSR count). The number of benzene rings is 3. The van der Waals surface area contributed by atoms with Gasteiger partial charge in [-0.3, -0.25) is 14.4 Å². The van der Waals surface area contributed by atoms with E-state index in [-0.39, 0.29) is 30.6 Å². The van der Waals surface area contributed by atoms with Crippen LogP contribution in [-0.4, -0.2) is 28.2 Å². The lowest BCUT2D eigenvalue weighted by Gasteiger charge is -2.14. The summed E-state index contributed by atoms with van der Waals surface area (Å²) in [6.07, 6.45) is -5.35. The van der Waals surface area contributed by atoms with Crippen molar-refractivity contribution in [3.8, 4) is 0 Å². The second-order valence-corrected chi connectivity index (χ2v) is 11.3. The molecule has 3 aromatic rings. The molecule has 0 radical (unpaired) electrons. The first-order valence-corrected chi connectivity index (χ1v) is 13.0. The molecule has 2 atom stereocenters. The van der Waals surface area contributed by atoms with Crippen LogP contribution in [0.5, 0.6) is 0 Å². The molecule has 0 saturated heterocycles. The minimum absolute atomic E-state index is 0. The number of hydrogen-bond acceptors (Lipinski definition) is 3. The van der Waals surface area contributed by atoms with Crippen LogP contribution in [0, 0.1) is 17.6 Å². The van der Waals surface area contributed by atoms with Crippen LogP contribution >= 0.6 is 58.0 Å². The fraction of sp³-hybridized carbons (Fsp3) is 0.160. The summed E-state index contributed by atoms with van der Waals surface area (Å²) in [5, 5.41) is 5.97. The maximum atomic E-state index is 14.7. The molecular formula is C25H19Cl5F5N3O3. The zero-order chi connectivity index (χ0) is 30.4. The van der Waals surface area contributed by atoms with Gasteiger partial charge in [0.15, 0.2) is 5.82 Å². The van der Waals surface area contributed by atoms with Crippen molar-refractivity contribution in [1.29, 1.82) is 0 Å². The fourth-order valence-electron chi connectivity index (χ4n) is 3.91. The van der Waals surface area contributed by atoms with Crippen molar-refractivity contribution in [2.24, 2.45) is 5.92 Å². The van der Waals surface area contributed by atoms with Gasteiger partial charge in [-0.2, -0.15) is 13.2 Å². The second-order valence-electron chi connectivity index (χ2n) is 8.68. The Labute approximate surface area is 257 Å². The van der Waals surface area contributed by atoms with E-state index in [0.717, 1.165) is 6.07 Å². The Morgan fingerprint density at radius 2 is 1.49 bits per heavy atom. The van der Waals surface area contributed by atoms with E-state index in [9.17, 15) is 36.3 Å². The van der Waals surface area contributed by atoms with Crippen LogP contribution < -0.4 is 16.0 Å². The minimum Gasteiger partial charge on any atom is -0.326 e. The van der Waals surface area contributed by atoms with E-state index in [1.54, 1.807) is 6.07 Å². The van der Waals surface area contributed by atoms with E-state index in [0.29, 0.717) is 17.7 Å². The third-order valence-electron chi connectivity index (χ3n) is 5.95. The minimum atomic E-state index is -5.35. The molecule has 0 aliphatic heterocycles. The fourth-order valence-corrected chi connectivity index (χ4v) is 5.25. The Kier molecular flexibility index (Phi) is 8.69. The van der Waals surface area contributed by atoms with Gasteiger partial charge >= 0.3 is 12.1 Å². The molecule has 0 aromatic heterocycles. The lowest BCUT2D eigenvalue weighted by molar-refractivity contribution is -0.167. The van der Waals surface area contributed by atoms with Crippen molar-refractivity contribution in [3.63, 3.8) is 0 Å². The number of carbonyl (C=O) groups excluding carboxylic acids is 3. The lowest BCUT2D eigenvalue weighted by atomic mass is 10.1. The lowest BCUT2D eigenvalue weighted by Crippen LogP contribution is -2.30. The van der Waals surface area contributed by atoms with Gasteiger partial charge in [0.1, 0.15) is 15.8 Å². The van der Waals surface area contributed by atoms with Gasteiger partial charge in [0.25, 0.3) is 5.91 Å². The van der Waals surface area contributed by atoms with E-state index in [1.165, 1.54) is 29.6 Å². The molecule has 3 aromatic carbocycles. The molecule has 0 bridgehead atoms. The average molecular weight is 682 g/mol. The monoisotopic (exact) mass is 679 g/mol. The molecule has 6 nitrogen and oxygen atoms in total. The number of anilines is 3. The van der Waals surface area contributed by atoms with Crippen molar-refractivity contribution in [1.82, 2.24) is 0 Å². The van der Waals surface area contributed by atoms with Crippen molar-refractivity contribution < 1.29 is 40.6 Å². The Hall–Kier alpha value is -2.83. The predicted octanol–water partition coefficient (Wildman–Crippen LogP) is 8.94. The number of amides is 3. The van der Waals surface area contributed by atoms with Crippen molar-refractivity contribution >= 4 is 92.8 Å². The second kappa shape index (κ2) is 11.4. The highest BCUT2D eigenvalue weighted by Crippen LogP contribution is 2.65. The third kappa shape index (κ3) is 6.49. The number of carbonyl (C=O) groups is 3. The first-order valence-electron chi connectivity index (χ1n) is 11.1. The summed E-state index contributed by atoms with van der Waals surface area (Å²) in [6.45, 7) is 0. The van der Waals surface area contributed by atoms with E-state index >= 15 is 0 Å². The van der Waals surface area contributed by atoms with E-state index in [4.69, 9.17) is 58.0 Å². The summed E-state index contributed by atoms with van der Waals surface area (Å²) < 4.78 is 65.2. The highest BCUT2D eigenvalue weighted by molar-refractivity contribution is 6.53. The van der Waals surface area contributed by atoms with Crippen LogP contribution in [0.1, 0.15) is 26.1 Å². The standard InChI is InChI=1S/C25H13Cl5F5N3O3.3H2/c26-12-4-2-10(36-22(40)18-17(24(18,29)30)9-1-3-13(27)14(28)7-9)8-11(12)21(39)38-20-15(31)5-6-16(19(20)32)37-23(41)25(33,34)35;;;/h1-8,17-18H,(H,36,40)(H,37,41)(H,38,39);3*1H/t17-,18+;;;/m0.../s1. The summed E-state index contributed by atoms with van der Waals surface area (Å²) in [6, 6.07) is 9.35. The number of rotatable bonds is 6. The van der Waals surface area contributed by atoms with Crippen molar-refractivity contribution in [2.75, 3.05) is 16.0 Å². The summed E-state index contributed by atoms with van der Waals surface area (Å²) in [7, 11) is 0. The van der Waals surface area contributed by atoms with Crippen LogP contribution in [0.3, 0.4) is 0 Å². The molecule has 3 N–H and O–H groups in total. The topological polar surface area (TPSA) is 87.3 Å². The van der Waals surface area contributed by atoms with Gasteiger partial charge in [0.2, 0.25) is 5.91 Å². The SMILES string of the molecule is O=C(Nc1c(F)ccc(NC(=O)C(F)(F)F)c1F)c1cc(NC(=O)[C@H]2[C@H](c3ccc(Cl)c(Cl)c3)C2(Cl)Cl)ccc1Cl.[HH].[HH].[HH]. The summed E-state index contributed by atoms with van der Waals surface area (Å²) in [5.74, 6) is -8.96. The summed E-state index contributed by atoms with van der Waals surface area (Å²) in [4.78, 5) is 37.0. The number of halogens is 10. The Morgan fingerprint density at radius 1 is 0.829 bits per heavy atom. The first kappa shape index (κ1) is 31.1. The normalized spacial score (nSPS) is 17.5. The Balaban J connectivity index is 0.00000323. The van der Waals surface area contributed by atoms with Crippen molar-refractivity contribution in [3.05, 3.63) is 86.4 Å². The summed E-state index contributed by atoms with van der Waals surface area (Å²) in [5.41, 5.74) is -1.98. The van der Waals surface area contributed by atoms with Crippen LogP contribution in [0.25, 0.3) is 0 Å². The van der Waals surface area contributed by atoms with Crippen LogP contribution in [0.2, 0.25) is 15.1 Å². The van der Waals surface area contributed by atoms with Gasteiger partial charge < -0.3 is 16.0 Å². The third-order valence-corrected chi connectivity index (χ3v) is 7.96. The van der Waals surface area contributed by atoms with Crippen molar-refractivity contribution in [2.45, 2.75) is 16.4 Å². The van der Waals surface area contributed by atoms with E-state index in [1.807, 2.05) is 5.32 Å². The van der Waals surface area contributed by atoms with Gasteiger partial charge in [-0.05, 0) is 48.0 Å². The predicted molar refractivity (Wildman–Crippen MR) is 153 cm³/mol. The molecule has 0 unspecified atom stereocenters. The van der Waals surface area contributed by atoms with Crippen LogP contribution in [0.15, 0.2) is 48.5 Å². The largest absolute Gasteiger partial charge is 0.471 e. The first-order chi connectivity index (χ1) is 19.0. The molecule has 3 amide bonds. The van der Waals surface area contributed by atoms with E-state index in [2.05, 4.69) is 5.32 Å². The van der Waals surface area contributed by atoms with Crippen LogP contribution in [0.4, 0.5) is 39.0 Å². The number of nitrogens with one attached hydrogen (secondary N) is 3. The zero-order valence-corrected chi connectivity index (χ0v) is 23.6. The molecule has 0 heterocycles. The van der Waals surface area contributed by atoms with Gasteiger partial charge in [0, 0.05) is 15.9 Å². The van der Waals surface area contributed by atoms with E-state index < -0.39 is 63.1 Å². The zero-order valence-electron chi connectivity index (χ0n) is 19.8. The highest BCUT2D eigenvalue weighted by atomic mass is 35.5. The smallest absolute Gasteiger partial charge is 0.326 e. The average Bonchev–Trinajstić information content (AvgIpc) is 3.47. The summed E-state index contributed by atoms with van der Waals surface area (Å²) >= 11 is 30.7. The van der Waals surface area contributed by atoms with Gasteiger partial charge in [-0.25, -0.2) is 8.78 Å². The van der Waals surface area contributed by atoms with Gasteiger partial charge in [-0.15, -0.1) is 23.2 Å². The van der Waals surface area contributed by atoms with Gasteiger partial charge in [0.05, 0.1) is 32.2 Å². The Bertz CT molecular complexity index is 1600. The number of hydrogen-bond donors (Lipinski definition) is 3. The Morgan fingerprint density at radius 3 is 2.12 bits per heavy atom. The molecule has 1 saturated carbocycles. The molecule has 1 aliphatic carbocycles. The van der Waals surface area contributed by atoms with Gasteiger partial charge in [-0.1, -0.05) is 40.9 Å². The molecule has 1 fully saturated rings. The molecular weight excluding hydrogens is 663 g/mol. The number of alkyl halides is 5. The highest BCUT2D eigenvalue weighted by Gasteiger charge is 2.67. The van der Waals surface area contributed by atoms with Crippen LogP contribution in [-0.2, 0) is 9.59 Å². The molecule has 16 heteroatoms. The molecule has 1 aliphatic rings. The maximum Gasteiger partial charge on any atom is 0.471 e. The quantitative estimate of drug-likeness (QED) is 0.179. The maximum absolute atomic E-state index is 14.7. The molecule has 222 valence electrons. The molecule has 0 spiro atoms. The molecule has 41 heavy (non-hydrogen) atoms.